The Balaban J connectivity index is 1.85. The number of hydrogen-bond donors (Lipinski definition) is 2. The van der Waals surface area contributed by atoms with Crippen LogP contribution in [0.15, 0.2) is 0 Å². The Morgan fingerprint density at radius 1 is 1.40 bits per heavy atom. The van der Waals surface area contributed by atoms with E-state index >= 15 is 0 Å². The van der Waals surface area contributed by atoms with Gasteiger partial charge in [0.2, 0.25) is 11.8 Å². The first kappa shape index (κ1) is 15.3. The Hall–Kier alpha value is -1.10. The van der Waals surface area contributed by atoms with E-state index < -0.39 is 6.10 Å². The maximum absolute atomic E-state index is 12.2. The van der Waals surface area contributed by atoms with Gasteiger partial charge in [-0.05, 0) is 18.8 Å². The molecule has 1 aliphatic heterocycles. The molecule has 3 atom stereocenters. The summed E-state index contributed by atoms with van der Waals surface area (Å²) in [4.78, 5) is 25.9. The minimum atomic E-state index is -0.434. The highest BCUT2D eigenvalue weighted by Crippen LogP contribution is 2.22. The van der Waals surface area contributed by atoms with Crippen LogP contribution in [0.1, 0.15) is 46.0 Å². The molecule has 5 heteroatoms. The fraction of sp³-hybridized carbons (Fsp3) is 0.867. The van der Waals surface area contributed by atoms with Crippen molar-refractivity contribution in [3.05, 3.63) is 0 Å². The first-order chi connectivity index (χ1) is 9.47. The Morgan fingerprint density at radius 3 is 2.75 bits per heavy atom. The molecule has 1 saturated heterocycles. The third-order valence-electron chi connectivity index (χ3n) is 4.23. The Bertz CT molecular complexity index is 370. The molecule has 1 unspecified atom stereocenters. The van der Waals surface area contributed by atoms with Crippen LogP contribution in [0.4, 0.5) is 0 Å². The van der Waals surface area contributed by atoms with Crippen molar-refractivity contribution < 1.29 is 14.7 Å². The number of carbonyl (C=O) groups excluding carboxylic acids is 2. The predicted octanol–water partition coefficient (Wildman–Crippen LogP) is 0.911. The fourth-order valence-electron chi connectivity index (χ4n) is 3.15. The van der Waals surface area contributed by atoms with E-state index in [-0.39, 0.29) is 23.8 Å². The number of hydrogen-bond acceptors (Lipinski definition) is 3. The molecule has 2 N–H and O–H groups in total. The number of aliphatic hydroxyl groups excluding tert-OH is 1. The van der Waals surface area contributed by atoms with E-state index in [1.165, 1.54) is 0 Å². The summed E-state index contributed by atoms with van der Waals surface area (Å²) in [7, 11) is 0. The molecule has 0 aromatic carbocycles. The molecule has 114 valence electrons. The Morgan fingerprint density at radius 2 is 2.10 bits per heavy atom. The Labute approximate surface area is 120 Å². The van der Waals surface area contributed by atoms with E-state index in [9.17, 15) is 14.7 Å². The van der Waals surface area contributed by atoms with E-state index in [0.717, 1.165) is 25.7 Å². The number of nitrogens with zero attached hydrogens (tertiary/aromatic N) is 1. The second kappa shape index (κ2) is 6.57. The summed E-state index contributed by atoms with van der Waals surface area (Å²) in [5.41, 5.74) is 0. The molecular formula is C15H26N2O3. The van der Waals surface area contributed by atoms with Gasteiger partial charge >= 0.3 is 0 Å². The molecule has 2 amide bonds. The van der Waals surface area contributed by atoms with Gasteiger partial charge in [0, 0.05) is 19.5 Å². The van der Waals surface area contributed by atoms with Gasteiger partial charge in [-0.3, -0.25) is 9.59 Å². The van der Waals surface area contributed by atoms with Gasteiger partial charge in [-0.2, -0.15) is 0 Å². The van der Waals surface area contributed by atoms with Crippen molar-refractivity contribution in [3.63, 3.8) is 0 Å². The molecule has 2 fully saturated rings. The van der Waals surface area contributed by atoms with Gasteiger partial charge in [0.1, 0.15) is 0 Å². The highest BCUT2D eigenvalue weighted by Gasteiger charge is 2.36. The summed E-state index contributed by atoms with van der Waals surface area (Å²) in [6, 6.07) is -0.134. The summed E-state index contributed by atoms with van der Waals surface area (Å²) in [6.07, 6.45) is 3.54. The summed E-state index contributed by atoms with van der Waals surface area (Å²) >= 11 is 0. The predicted molar refractivity (Wildman–Crippen MR) is 75.9 cm³/mol. The standard InChI is InChI=1S/C15H26N2O3/c1-10(2)8-17-9-11(7-14(17)19)15(20)16-12-5-3-4-6-13(12)18/h10-13,18H,3-9H2,1-2H3,(H,16,20)/t11?,12-,13-/m0/s1. The Kier molecular flexibility index (Phi) is 5.02. The number of likely N-dealkylation sites (tertiary alicyclic amines) is 1. The van der Waals surface area contributed by atoms with Crippen molar-refractivity contribution in [2.75, 3.05) is 13.1 Å². The van der Waals surface area contributed by atoms with E-state index in [4.69, 9.17) is 0 Å². The molecule has 1 aliphatic carbocycles. The van der Waals surface area contributed by atoms with Crippen LogP contribution in [0, 0.1) is 11.8 Å². The monoisotopic (exact) mass is 282 g/mol. The number of nitrogens with one attached hydrogen (secondary N) is 1. The minimum absolute atomic E-state index is 0.0723. The van der Waals surface area contributed by atoms with Crippen LogP contribution in [0.5, 0.6) is 0 Å². The molecule has 0 aromatic rings. The molecule has 0 bridgehead atoms. The number of carbonyl (C=O) groups is 2. The second-order valence-corrected chi connectivity index (χ2v) is 6.56. The van der Waals surface area contributed by atoms with Crippen LogP contribution in [0.25, 0.3) is 0 Å². The van der Waals surface area contributed by atoms with Crippen molar-refractivity contribution in [3.8, 4) is 0 Å². The lowest BCUT2D eigenvalue weighted by Crippen LogP contribution is -2.47. The van der Waals surface area contributed by atoms with E-state index in [1.54, 1.807) is 4.90 Å². The third-order valence-corrected chi connectivity index (χ3v) is 4.23. The second-order valence-electron chi connectivity index (χ2n) is 6.56. The molecule has 0 spiro atoms. The number of aliphatic hydroxyl groups is 1. The maximum Gasteiger partial charge on any atom is 0.225 e. The van der Waals surface area contributed by atoms with Gasteiger partial charge in [0.05, 0.1) is 18.1 Å². The molecule has 1 saturated carbocycles. The smallest absolute Gasteiger partial charge is 0.225 e. The molecule has 2 rings (SSSR count). The van der Waals surface area contributed by atoms with Crippen molar-refractivity contribution in [1.29, 1.82) is 0 Å². The number of amides is 2. The van der Waals surface area contributed by atoms with Crippen LogP contribution in [0.3, 0.4) is 0 Å². The van der Waals surface area contributed by atoms with Crippen molar-refractivity contribution in [2.24, 2.45) is 11.8 Å². The summed E-state index contributed by atoms with van der Waals surface area (Å²) in [6.45, 7) is 5.37. The molecule has 5 nitrogen and oxygen atoms in total. The van der Waals surface area contributed by atoms with Crippen molar-refractivity contribution in [2.45, 2.75) is 58.1 Å². The van der Waals surface area contributed by atoms with Gasteiger partial charge < -0.3 is 15.3 Å². The quantitative estimate of drug-likeness (QED) is 0.805. The first-order valence-electron chi connectivity index (χ1n) is 7.73. The van der Waals surface area contributed by atoms with Gasteiger partial charge in [0.15, 0.2) is 0 Å². The SMILES string of the molecule is CC(C)CN1CC(C(=O)N[C@H]2CCCC[C@@H]2O)CC1=O. The van der Waals surface area contributed by atoms with Gasteiger partial charge in [0.25, 0.3) is 0 Å². The molecule has 2 aliphatic rings. The molecule has 1 heterocycles. The lowest BCUT2D eigenvalue weighted by molar-refractivity contribution is -0.129. The van der Waals surface area contributed by atoms with Crippen LogP contribution >= 0.6 is 0 Å². The summed E-state index contributed by atoms with van der Waals surface area (Å²) in [5.74, 6) is 0.162. The highest BCUT2D eigenvalue weighted by molar-refractivity contribution is 5.89. The van der Waals surface area contributed by atoms with E-state index in [1.807, 2.05) is 0 Å². The lowest BCUT2D eigenvalue weighted by Gasteiger charge is -2.29. The van der Waals surface area contributed by atoms with Crippen molar-refractivity contribution in [1.82, 2.24) is 10.2 Å². The highest BCUT2D eigenvalue weighted by atomic mass is 16.3. The summed E-state index contributed by atoms with van der Waals surface area (Å²) < 4.78 is 0. The molecule has 20 heavy (non-hydrogen) atoms. The van der Waals surface area contributed by atoms with E-state index in [0.29, 0.717) is 25.4 Å². The van der Waals surface area contributed by atoms with Crippen LogP contribution in [0.2, 0.25) is 0 Å². The lowest BCUT2D eigenvalue weighted by atomic mass is 9.92. The maximum atomic E-state index is 12.2. The average molecular weight is 282 g/mol. The fourth-order valence-corrected chi connectivity index (χ4v) is 3.15. The molecular weight excluding hydrogens is 256 g/mol. The van der Waals surface area contributed by atoms with Crippen molar-refractivity contribution >= 4 is 11.8 Å². The van der Waals surface area contributed by atoms with Crippen LogP contribution < -0.4 is 5.32 Å². The third kappa shape index (κ3) is 3.72. The average Bonchev–Trinajstić information content (AvgIpc) is 2.73. The molecule has 0 aromatic heterocycles. The van der Waals surface area contributed by atoms with Crippen LogP contribution in [-0.4, -0.2) is 47.1 Å². The van der Waals surface area contributed by atoms with E-state index in [2.05, 4.69) is 19.2 Å². The zero-order valence-corrected chi connectivity index (χ0v) is 12.5. The largest absolute Gasteiger partial charge is 0.391 e. The molecule has 0 radical (unpaired) electrons. The first-order valence-corrected chi connectivity index (χ1v) is 7.73. The summed E-state index contributed by atoms with van der Waals surface area (Å²) in [5, 5.41) is 12.8. The van der Waals surface area contributed by atoms with Crippen LogP contribution in [-0.2, 0) is 9.59 Å². The number of rotatable bonds is 4. The normalized spacial score (nSPS) is 30.9. The van der Waals surface area contributed by atoms with Gasteiger partial charge in [-0.25, -0.2) is 0 Å². The zero-order chi connectivity index (χ0) is 14.7. The minimum Gasteiger partial charge on any atom is -0.391 e. The zero-order valence-electron chi connectivity index (χ0n) is 12.5. The topological polar surface area (TPSA) is 69.6 Å². The van der Waals surface area contributed by atoms with Gasteiger partial charge in [-0.1, -0.05) is 26.7 Å². The van der Waals surface area contributed by atoms with Gasteiger partial charge in [-0.15, -0.1) is 0 Å².